The molecule has 6 nitrogen and oxygen atoms in total. The Kier molecular flexibility index (Phi) is 4.78. The standard InChI is InChI=1S/C15H26N2O4/c1-13(18)16-4-8-20-12-15(10-16)11-17(5-9-21-15)14-2-6-19-7-3-14/h14H,2-12H2,1H3. The van der Waals surface area contributed by atoms with Crippen molar-refractivity contribution in [2.24, 2.45) is 0 Å². The number of carbonyl (C=O) groups is 1. The average Bonchev–Trinajstić information content (AvgIpc) is 2.71. The number of hydrogen-bond donors (Lipinski definition) is 0. The van der Waals surface area contributed by atoms with E-state index in [0.717, 1.165) is 39.1 Å². The maximum atomic E-state index is 11.7. The van der Waals surface area contributed by atoms with E-state index in [9.17, 15) is 4.79 Å². The second-order valence-electron chi connectivity index (χ2n) is 6.34. The number of amides is 1. The fourth-order valence-corrected chi connectivity index (χ4v) is 3.59. The van der Waals surface area contributed by atoms with Crippen molar-refractivity contribution in [3.05, 3.63) is 0 Å². The van der Waals surface area contributed by atoms with E-state index in [1.54, 1.807) is 6.92 Å². The van der Waals surface area contributed by atoms with Crippen molar-refractivity contribution in [1.29, 1.82) is 0 Å². The molecular formula is C15H26N2O4. The Morgan fingerprint density at radius 1 is 1.05 bits per heavy atom. The Labute approximate surface area is 126 Å². The van der Waals surface area contributed by atoms with Gasteiger partial charge in [0.25, 0.3) is 0 Å². The molecule has 3 heterocycles. The lowest BCUT2D eigenvalue weighted by molar-refractivity contribution is -0.158. The van der Waals surface area contributed by atoms with Crippen molar-refractivity contribution < 1.29 is 19.0 Å². The highest BCUT2D eigenvalue weighted by molar-refractivity contribution is 5.73. The Bertz CT molecular complexity index is 373. The molecule has 0 aromatic carbocycles. The van der Waals surface area contributed by atoms with Crippen LogP contribution in [-0.4, -0.2) is 86.6 Å². The van der Waals surface area contributed by atoms with Crippen LogP contribution in [0.2, 0.25) is 0 Å². The molecule has 1 unspecified atom stereocenters. The zero-order valence-corrected chi connectivity index (χ0v) is 12.9. The van der Waals surface area contributed by atoms with Gasteiger partial charge in [0, 0.05) is 45.8 Å². The Hall–Kier alpha value is -0.690. The van der Waals surface area contributed by atoms with Gasteiger partial charge in [-0.2, -0.15) is 0 Å². The predicted octanol–water partition coefficient (Wildman–Crippen LogP) is 0.115. The summed E-state index contributed by atoms with van der Waals surface area (Å²) in [6.45, 7) is 8.34. The van der Waals surface area contributed by atoms with Crippen molar-refractivity contribution in [2.75, 3.05) is 59.2 Å². The van der Waals surface area contributed by atoms with E-state index in [4.69, 9.17) is 14.2 Å². The number of hydrogen-bond acceptors (Lipinski definition) is 5. The lowest BCUT2D eigenvalue weighted by Gasteiger charge is -2.46. The van der Waals surface area contributed by atoms with Crippen molar-refractivity contribution >= 4 is 5.91 Å². The van der Waals surface area contributed by atoms with Crippen LogP contribution >= 0.6 is 0 Å². The molecule has 0 radical (unpaired) electrons. The van der Waals surface area contributed by atoms with Crippen LogP contribution in [0.4, 0.5) is 0 Å². The molecular weight excluding hydrogens is 272 g/mol. The predicted molar refractivity (Wildman–Crippen MR) is 77.2 cm³/mol. The fraction of sp³-hybridized carbons (Fsp3) is 0.933. The fourth-order valence-electron chi connectivity index (χ4n) is 3.59. The molecule has 3 aliphatic heterocycles. The van der Waals surface area contributed by atoms with Crippen molar-refractivity contribution in [3.63, 3.8) is 0 Å². The molecule has 0 N–H and O–H groups in total. The van der Waals surface area contributed by atoms with Gasteiger partial charge in [0.15, 0.2) is 0 Å². The molecule has 3 fully saturated rings. The van der Waals surface area contributed by atoms with E-state index < -0.39 is 0 Å². The summed E-state index contributed by atoms with van der Waals surface area (Å²) >= 11 is 0. The van der Waals surface area contributed by atoms with Gasteiger partial charge in [-0.25, -0.2) is 0 Å². The zero-order chi connectivity index (χ0) is 14.7. The third-order valence-corrected chi connectivity index (χ3v) is 4.78. The van der Waals surface area contributed by atoms with Crippen LogP contribution < -0.4 is 0 Å². The monoisotopic (exact) mass is 298 g/mol. The first-order valence-electron chi connectivity index (χ1n) is 7.98. The van der Waals surface area contributed by atoms with E-state index in [0.29, 0.717) is 39.0 Å². The Morgan fingerprint density at radius 3 is 2.62 bits per heavy atom. The van der Waals surface area contributed by atoms with E-state index in [1.165, 1.54) is 0 Å². The number of nitrogens with zero attached hydrogens (tertiary/aromatic N) is 2. The van der Waals surface area contributed by atoms with Crippen LogP contribution in [0.5, 0.6) is 0 Å². The molecule has 3 rings (SSSR count). The van der Waals surface area contributed by atoms with Crippen molar-refractivity contribution in [2.45, 2.75) is 31.4 Å². The van der Waals surface area contributed by atoms with Gasteiger partial charge in [0.05, 0.1) is 26.4 Å². The van der Waals surface area contributed by atoms with Crippen LogP contribution in [0.15, 0.2) is 0 Å². The van der Waals surface area contributed by atoms with Gasteiger partial charge in [-0.15, -0.1) is 0 Å². The second-order valence-corrected chi connectivity index (χ2v) is 6.34. The summed E-state index contributed by atoms with van der Waals surface area (Å²) in [7, 11) is 0. The smallest absolute Gasteiger partial charge is 0.219 e. The molecule has 21 heavy (non-hydrogen) atoms. The minimum absolute atomic E-state index is 0.103. The summed E-state index contributed by atoms with van der Waals surface area (Å²) in [6, 6.07) is 0.577. The lowest BCUT2D eigenvalue weighted by atomic mass is 9.98. The molecule has 1 atom stereocenters. The van der Waals surface area contributed by atoms with Gasteiger partial charge in [0.2, 0.25) is 5.91 Å². The summed E-state index contributed by atoms with van der Waals surface area (Å²) in [5.74, 6) is 0.103. The summed E-state index contributed by atoms with van der Waals surface area (Å²) in [5, 5.41) is 0. The summed E-state index contributed by atoms with van der Waals surface area (Å²) in [5.41, 5.74) is -0.362. The third kappa shape index (κ3) is 3.56. The van der Waals surface area contributed by atoms with Crippen LogP contribution in [0, 0.1) is 0 Å². The van der Waals surface area contributed by atoms with Gasteiger partial charge >= 0.3 is 0 Å². The Morgan fingerprint density at radius 2 is 1.86 bits per heavy atom. The highest BCUT2D eigenvalue weighted by Gasteiger charge is 2.42. The summed E-state index contributed by atoms with van der Waals surface area (Å²) in [4.78, 5) is 16.1. The van der Waals surface area contributed by atoms with Crippen LogP contribution in [-0.2, 0) is 19.0 Å². The van der Waals surface area contributed by atoms with Gasteiger partial charge < -0.3 is 19.1 Å². The molecule has 0 bridgehead atoms. The van der Waals surface area contributed by atoms with Crippen molar-refractivity contribution in [1.82, 2.24) is 9.80 Å². The van der Waals surface area contributed by atoms with Gasteiger partial charge in [-0.1, -0.05) is 0 Å². The molecule has 0 aromatic rings. The third-order valence-electron chi connectivity index (χ3n) is 4.78. The molecule has 3 aliphatic rings. The highest BCUT2D eigenvalue weighted by atomic mass is 16.5. The topological polar surface area (TPSA) is 51.2 Å². The quantitative estimate of drug-likeness (QED) is 0.688. The van der Waals surface area contributed by atoms with E-state index in [1.807, 2.05) is 4.90 Å². The maximum Gasteiger partial charge on any atom is 0.219 e. The zero-order valence-electron chi connectivity index (χ0n) is 12.9. The van der Waals surface area contributed by atoms with E-state index in [-0.39, 0.29) is 11.5 Å². The normalized spacial score (nSPS) is 33.1. The molecule has 0 aromatic heterocycles. The summed E-state index contributed by atoms with van der Waals surface area (Å²) in [6.07, 6.45) is 2.18. The SMILES string of the molecule is CC(=O)N1CCOCC2(C1)CN(C1CCOCC1)CCO2. The minimum Gasteiger partial charge on any atom is -0.381 e. The molecule has 0 saturated carbocycles. The number of rotatable bonds is 1. The molecule has 1 spiro atoms. The maximum absolute atomic E-state index is 11.7. The van der Waals surface area contributed by atoms with Crippen molar-refractivity contribution in [3.8, 4) is 0 Å². The molecule has 6 heteroatoms. The first kappa shape index (κ1) is 15.2. The molecule has 0 aliphatic carbocycles. The van der Waals surface area contributed by atoms with Crippen LogP contribution in [0.3, 0.4) is 0 Å². The molecule has 1 amide bonds. The number of ether oxygens (including phenoxy) is 3. The molecule has 3 saturated heterocycles. The van der Waals surface area contributed by atoms with Gasteiger partial charge in [-0.05, 0) is 12.8 Å². The van der Waals surface area contributed by atoms with Gasteiger partial charge in [0.1, 0.15) is 5.60 Å². The first-order chi connectivity index (χ1) is 10.2. The van der Waals surface area contributed by atoms with Gasteiger partial charge in [-0.3, -0.25) is 9.69 Å². The van der Waals surface area contributed by atoms with Crippen LogP contribution in [0.1, 0.15) is 19.8 Å². The lowest BCUT2D eigenvalue weighted by Crippen LogP contribution is -2.61. The average molecular weight is 298 g/mol. The largest absolute Gasteiger partial charge is 0.381 e. The first-order valence-corrected chi connectivity index (χ1v) is 7.98. The second kappa shape index (κ2) is 6.60. The Balaban J connectivity index is 1.68. The molecule has 120 valence electrons. The number of morpholine rings is 1. The van der Waals surface area contributed by atoms with E-state index >= 15 is 0 Å². The van der Waals surface area contributed by atoms with Crippen LogP contribution in [0.25, 0.3) is 0 Å². The highest BCUT2D eigenvalue weighted by Crippen LogP contribution is 2.26. The number of carbonyl (C=O) groups excluding carboxylic acids is 1. The summed E-state index contributed by atoms with van der Waals surface area (Å²) < 4.78 is 17.3. The van der Waals surface area contributed by atoms with E-state index in [2.05, 4.69) is 4.90 Å². The minimum atomic E-state index is -0.362.